The van der Waals surface area contributed by atoms with E-state index in [0.717, 1.165) is 0 Å². The Morgan fingerprint density at radius 1 is 1.26 bits per heavy atom. The average molecular weight is 311 g/mol. The number of nitrogens with zero attached hydrogens (tertiary/aromatic N) is 5. The van der Waals surface area contributed by atoms with Gasteiger partial charge >= 0.3 is 5.97 Å². The van der Waals surface area contributed by atoms with Crippen LogP contribution in [0.25, 0.3) is 5.82 Å². The van der Waals surface area contributed by atoms with E-state index in [-0.39, 0.29) is 6.10 Å². The van der Waals surface area contributed by atoms with E-state index in [1.165, 1.54) is 6.20 Å². The van der Waals surface area contributed by atoms with Crippen molar-refractivity contribution in [2.24, 2.45) is 0 Å². The first kappa shape index (κ1) is 15.0. The van der Waals surface area contributed by atoms with Crippen molar-refractivity contribution in [2.75, 3.05) is 0 Å². The molecule has 0 aliphatic heterocycles. The number of hydrogen-bond acceptors (Lipinski definition) is 5. The zero-order valence-electron chi connectivity index (χ0n) is 13.0. The van der Waals surface area contributed by atoms with Gasteiger partial charge in [0.15, 0.2) is 5.82 Å². The van der Waals surface area contributed by atoms with Gasteiger partial charge in [-0.25, -0.2) is 14.5 Å². The summed E-state index contributed by atoms with van der Waals surface area (Å²) in [6, 6.07) is 7.35. The monoisotopic (exact) mass is 311 g/mol. The van der Waals surface area contributed by atoms with Crippen LogP contribution in [0.2, 0.25) is 0 Å². The fraction of sp³-hybridized carbons (Fsp3) is 0.250. The van der Waals surface area contributed by atoms with E-state index in [9.17, 15) is 4.79 Å². The van der Waals surface area contributed by atoms with Gasteiger partial charge in [-0.2, -0.15) is 10.2 Å². The lowest BCUT2D eigenvalue weighted by atomic mass is 10.2. The molecule has 0 N–H and O–H groups in total. The number of pyridine rings is 1. The minimum absolute atomic E-state index is 0.292. The van der Waals surface area contributed by atoms with Crippen molar-refractivity contribution in [3.8, 4) is 5.82 Å². The second kappa shape index (κ2) is 6.43. The van der Waals surface area contributed by atoms with Crippen molar-refractivity contribution in [2.45, 2.75) is 26.5 Å². The highest BCUT2D eigenvalue weighted by molar-refractivity contribution is 5.90. The SMILES string of the molecule is Cc1c(C(=O)OC(C)Cn2cccn2)cnn1-c1ccccn1. The van der Waals surface area contributed by atoms with Gasteiger partial charge in [0.25, 0.3) is 0 Å². The van der Waals surface area contributed by atoms with Gasteiger partial charge in [0, 0.05) is 18.6 Å². The molecule has 118 valence electrons. The summed E-state index contributed by atoms with van der Waals surface area (Å²) < 4.78 is 8.81. The maximum absolute atomic E-state index is 12.3. The number of rotatable bonds is 5. The molecular formula is C16H17N5O2. The van der Waals surface area contributed by atoms with Gasteiger partial charge in [-0.3, -0.25) is 4.68 Å². The molecule has 7 heteroatoms. The van der Waals surface area contributed by atoms with E-state index in [2.05, 4.69) is 15.2 Å². The maximum Gasteiger partial charge on any atom is 0.341 e. The molecule has 0 spiro atoms. The van der Waals surface area contributed by atoms with Crippen molar-refractivity contribution in [3.05, 3.63) is 60.3 Å². The van der Waals surface area contributed by atoms with E-state index in [1.807, 2.05) is 44.3 Å². The third-order valence-corrected chi connectivity index (χ3v) is 3.41. The molecule has 3 heterocycles. The van der Waals surface area contributed by atoms with Crippen LogP contribution >= 0.6 is 0 Å². The van der Waals surface area contributed by atoms with Crippen molar-refractivity contribution in [1.29, 1.82) is 0 Å². The van der Waals surface area contributed by atoms with Gasteiger partial charge in [0.05, 0.1) is 18.4 Å². The number of hydrogen-bond donors (Lipinski definition) is 0. The summed E-state index contributed by atoms with van der Waals surface area (Å²) in [6.45, 7) is 4.15. The topological polar surface area (TPSA) is 74.8 Å². The quantitative estimate of drug-likeness (QED) is 0.674. The molecule has 0 bridgehead atoms. The Bertz CT molecular complexity index is 780. The summed E-state index contributed by atoms with van der Waals surface area (Å²) in [5.74, 6) is 0.262. The van der Waals surface area contributed by atoms with Crippen LogP contribution in [-0.4, -0.2) is 36.6 Å². The summed E-state index contributed by atoms with van der Waals surface area (Å²) in [5.41, 5.74) is 1.13. The zero-order chi connectivity index (χ0) is 16.2. The Balaban J connectivity index is 1.72. The van der Waals surface area contributed by atoms with Gasteiger partial charge in [0.1, 0.15) is 11.7 Å². The Morgan fingerprint density at radius 2 is 2.13 bits per heavy atom. The molecule has 3 rings (SSSR count). The van der Waals surface area contributed by atoms with Crippen LogP contribution in [0, 0.1) is 6.92 Å². The third-order valence-electron chi connectivity index (χ3n) is 3.41. The van der Waals surface area contributed by atoms with E-state index < -0.39 is 5.97 Å². The molecule has 1 unspecified atom stereocenters. The number of aromatic nitrogens is 5. The number of carbonyl (C=O) groups is 1. The normalized spacial score (nSPS) is 12.1. The predicted octanol–water partition coefficient (Wildman–Crippen LogP) is 2.02. The molecule has 0 saturated heterocycles. The lowest BCUT2D eigenvalue weighted by molar-refractivity contribution is 0.0298. The molecule has 0 saturated carbocycles. The molecule has 0 aliphatic rings. The molecular weight excluding hydrogens is 294 g/mol. The van der Waals surface area contributed by atoms with Gasteiger partial charge in [-0.05, 0) is 32.0 Å². The van der Waals surface area contributed by atoms with E-state index >= 15 is 0 Å². The van der Waals surface area contributed by atoms with E-state index in [0.29, 0.717) is 23.6 Å². The first-order chi connectivity index (χ1) is 11.1. The molecule has 1 atom stereocenters. The third kappa shape index (κ3) is 3.28. The first-order valence-electron chi connectivity index (χ1n) is 7.29. The van der Waals surface area contributed by atoms with Crippen LogP contribution in [-0.2, 0) is 11.3 Å². The van der Waals surface area contributed by atoms with E-state index in [4.69, 9.17) is 4.74 Å². The summed E-state index contributed by atoms with van der Waals surface area (Å²) >= 11 is 0. The highest BCUT2D eigenvalue weighted by Gasteiger charge is 2.19. The average Bonchev–Trinajstić information content (AvgIpc) is 3.17. The van der Waals surface area contributed by atoms with Crippen LogP contribution < -0.4 is 0 Å². The minimum atomic E-state index is -0.399. The van der Waals surface area contributed by atoms with Crippen molar-refractivity contribution >= 4 is 5.97 Å². The fourth-order valence-corrected chi connectivity index (χ4v) is 2.28. The van der Waals surface area contributed by atoms with Crippen molar-refractivity contribution in [3.63, 3.8) is 0 Å². The number of ether oxygens (including phenoxy) is 1. The van der Waals surface area contributed by atoms with Crippen LogP contribution in [0.4, 0.5) is 0 Å². The van der Waals surface area contributed by atoms with Gasteiger partial charge in [0.2, 0.25) is 0 Å². The van der Waals surface area contributed by atoms with Crippen LogP contribution in [0.3, 0.4) is 0 Å². The highest BCUT2D eigenvalue weighted by atomic mass is 16.5. The lowest BCUT2D eigenvalue weighted by Gasteiger charge is -2.13. The zero-order valence-corrected chi connectivity index (χ0v) is 13.0. The van der Waals surface area contributed by atoms with Crippen molar-refractivity contribution < 1.29 is 9.53 Å². The van der Waals surface area contributed by atoms with E-state index in [1.54, 1.807) is 21.8 Å². The number of esters is 1. The molecule has 0 radical (unpaired) electrons. The standard InChI is InChI=1S/C16H17N5O2/c1-12(11-20-9-5-8-18-20)23-16(22)14-10-19-21(13(14)2)15-6-3-4-7-17-15/h3-10,12H,11H2,1-2H3. The predicted molar refractivity (Wildman–Crippen MR) is 83.2 cm³/mol. The minimum Gasteiger partial charge on any atom is -0.457 e. The van der Waals surface area contributed by atoms with Crippen LogP contribution in [0.1, 0.15) is 23.0 Å². The molecule has 7 nitrogen and oxygen atoms in total. The Hall–Kier alpha value is -2.96. The largest absolute Gasteiger partial charge is 0.457 e. The smallest absolute Gasteiger partial charge is 0.341 e. The molecule has 23 heavy (non-hydrogen) atoms. The molecule has 3 aromatic rings. The Labute approximate surface area is 133 Å². The molecule has 3 aromatic heterocycles. The molecule has 0 aromatic carbocycles. The molecule has 0 fully saturated rings. The molecule has 0 aliphatic carbocycles. The highest BCUT2D eigenvalue weighted by Crippen LogP contribution is 2.14. The Kier molecular flexibility index (Phi) is 4.18. The fourth-order valence-electron chi connectivity index (χ4n) is 2.28. The number of carbonyl (C=O) groups excluding carboxylic acids is 1. The van der Waals surface area contributed by atoms with Gasteiger partial charge in [-0.1, -0.05) is 6.07 Å². The second-order valence-electron chi connectivity index (χ2n) is 5.19. The maximum atomic E-state index is 12.3. The molecule has 0 amide bonds. The summed E-state index contributed by atoms with van der Waals surface area (Å²) in [7, 11) is 0. The first-order valence-corrected chi connectivity index (χ1v) is 7.29. The van der Waals surface area contributed by atoms with Crippen molar-refractivity contribution in [1.82, 2.24) is 24.5 Å². The summed E-state index contributed by atoms with van der Waals surface area (Å²) in [5, 5.41) is 8.32. The van der Waals surface area contributed by atoms with Gasteiger partial charge in [-0.15, -0.1) is 0 Å². The Morgan fingerprint density at radius 3 is 2.83 bits per heavy atom. The summed E-state index contributed by atoms with van der Waals surface area (Å²) in [6.07, 6.45) is 6.41. The second-order valence-corrected chi connectivity index (χ2v) is 5.19. The lowest BCUT2D eigenvalue weighted by Crippen LogP contribution is -2.21. The van der Waals surface area contributed by atoms with Gasteiger partial charge < -0.3 is 4.74 Å². The van der Waals surface area contributed by atoms with Crippen LogP contribution in [0.15, 0.2) is 49.1 Å². The van der Waals surface area contributed by atoms with Crippen LogP contribution in [0.5, 0.6) is 0 Å². The summed E-state index contributed by atoms with van der Waals surface area (Å²) in [4.78, 5) is 16.6.